The van der Waals surface area contributed by atoms with Crippen molar-refractivity contribution in [3.8, 4) is 0 Å². The van der Waals surface area contributed by atoms with Gasteiger partial charge in [0, 0.05) is 13.1 Å². The fourth-order valence-corrected chi connectivity index (χ4v) is 1.96. The van der Waals surface area contributed by atoms with Gasteiger partial charge in [0.15, 0.2) is 0 Å². The molecule has 0 spiro atoms. The van der Waals surface area contributed by atoms with Gasteiger partial charge >= 0.3 is 0 Å². The van der Waals surface area contributed by atoms with Crippen LogP contribution in [0.1, 0.15) is 65.2 Å². The topological polar surface area (TPSA) is 3.24 Å². The van der Waals surface area contributed by atoms with Gasteiger partial charge in [-0.25, -0.2) is 0 Å². The van der Waals surface area contributed by atoms with Crippen LogP contribution in [0.4, 0.5) is 0 Å². The molecule has 0 radical (unpaired) electrons. The molecule has 0 fully saturated rings. The number of rotatable bonds is 10. The number of halogens is 1. The Hall–Kier alpha value is 0.680. The van der Waals surface area contributed by atoms with E-state index in [-0.39, 0.29) is 12.4 Å². The molecule has 0 aromatic rings. The normalized spacial score (nSPS) is 10.4. The van der Waals surface area contributed by atoms with Crippen molar-refractivity contribution < 1.29 is 0 Å². The Morgan fingerprint density at radius 3 is 1.47 bits per heavy atom. The van der Waals surface area contributed by atoms with E-state index in [9.17, 15) is 0 Å². The summed E-state index contributed by atoms with van der Waals surface area (Å²) in [6.45, 7) is 7.06. The molecule has 0 bridgehead atoms. The van der Waals surface area contributed by atoms with Crippen LogP contribution in [-0.2, 0) is 0 Å². The van der Waals surface area contributed by atoms with Crippen molar-refractivity contribution >= 4 is 21.8 Å². The molecule has 0 saturated carbocycles. The molecule has 1 atom stereocenters. The molecule has 15 heavy (non-hydrogen) atoms. The van der Waals surface area contributed by atoms with E-state index in [0.717, 1.165) is 0 Å². The monoisotopic (exact) mass is 253 g/mol. The number of nitrogens with zero attached hydrogens (tertiary/aromatic N) is 1. The average Bonchev–Trinajstić information content (AvgIpc) is 2.19. The SMILES string of the molecule is CCCCCCN(P)CCCCCC.Cl. The lowest BCUT2D eigenvalue weighted by molar-refractivity contribution is 0.427. The zero-order valence-electron chi connectivity index (χ0n) is 10.5. The maximum absolute atomic E-state index is 2.86. The molecular weight excluding hydrogens is 225 g/mol. The Bertz CT molecular complexity index is 99.8. The zero-order valence-corrected chi connectivity index (χ0v) is 12.5. The van der Waals surface area contributed by atoms with Gasteiger partial charge in [0.05, 0.1) is 0 Å². The van der Waals surface area contributed by atoms with Crippen LogP contribution in [0.25, 0.3) is 0 Å². The van der Waals surface area contributed by atoms with Crippen LogP contribution in [-0.4, -0.2) is 17.8 Å². The Kier molecular flexibility index (Phi) is 17.7. The fraction of sp³-hybridized carbons (Fsp3) is 1.00. The molecule has 0 aliphatic carbocycles. The minimum Gasteiger partial charge on any atom is -0.287 e. The third-order valence-electron chi connectivity index (χ3n) is 2.60. The summed E-state index contributed by atoms with van der Waals surface area (Å²) < 4.78 is 2.41. The summed E-state index contributed by atoms with van der Waals surface area (Å²) in [6.07, 6.45) is 11.0. The van der Waals surface area contributed by atoms with Crippen LogP contribution in [0.15, 0.2) is 0 Å². The number of hydrogen-bond donors (Lipinski definition) is 0. The molecule has 94 valence electrons. The summed E-state index contributed by atoms with van der Waals surface area (Å²) in [7, 11) is 2.86. The second-order valence-electron chi connectivity index (χ2n) is 4.16. The standard InChI is InChI=1S/C12H28NP.ClH/c1-3-5-7-9-11-13(14)12-10-8-6-4-2;/h3-12,14H2,1-2H3;1H. The summed E-state index contributed by atoms with van der Waals surface area (Å²) in [4.78, 5) is 0. The molecule has 0 rings (SSSR count). The lowest BCUT2D eigenvalue weighted by Gasteiger charge is -2.15. The van der Waals surface area contributed by atoms with Crippen LogP contribution in [0.3, 0.4) is 0 Å². The minimum absolute atomic E-state index is 0. The molecule has 0 aliphatic heterocycles. The molecule has 0 aromatic carbocycles. The van der Waals surface area contributed by atoms with Crippen molar-refractivity contribution in [1.82, 2.24) is 4.67 Å². The van der Waals surface area contributed by atoms with Gasteiger partial charge in [-0.15, -0.1) is 12.4 Å². The highest BCUT2D eigenvalue weighted by Gasteiger charge is 1.97. The second-order valence-corrected chi connectivity index (χ2v) is 4.89. The Morgan fingerprint density at radius 1 is 0.733 bits per heavy atom. The first-order valence-corrected chi connectivity index (χ1v) is 6.82. The van der Waals surface area contributed by atoms with E-state index in [1.165, 1.54) is 64.5 Å². The lowest BCUT2D eigenvalue weighted by atomic mass is 10.2. The summed E-state index contributed by atoms with van der Waals surface area (Å²) in [5, 5.41) is 0. The maximum atomic E-state index is 2.86. The fourth-order valence-electron chi connectivity index (χ4n) is 1.60. The van der Waals surface area contributed by atoms with Crippen molar-refractivity contribution in [2.75, 3.05) is 13.1 Å². The van der Waals surface area contributed by atoms with E-state index >= 15 is 0 Å². The molecule has 0 aliphatic rings. The van der Waals surface area contributed by atoms with Crippen molar-refractivity contribution in [3.63, 3.8) is 0 Å². The minimum atomic E-state index is 0. The maximum Gasteiger partial charge on any atom is 0.00161 e. The summed E-state index contributed by atoms with van der Waals surface area (Å²) in [6, 6.07) is 0. The van der Waals surface area contributed by atoms with E-state index < -0.39 is 0 Å². The zero-order chi connectivity index (χ0) is 10.6. The average molecular weight is 254 g/mol. The van der Waals surface area contributed by atoms with Crippen LogP contribution in [0, 0.1) is 0 Å². The Morgan fingerprint density at radius 2 is 1.13 bits per heavy atom. The first-order chi connectivity index (χ1) is 6.81. The van der Waals surface area contributed by atoms with E-state index in [1.807, 2.05) is 0 Å². The van der Waals surface area contributed by atoms with Gasteiger partial charge in [-0.1, -0.05) is 61.8 Å². The Labute approximate surface area is 105 Å². The van der Waals surface area contributed by atoms with Crippen molar-refractivity contribution in [2.24, 2.45) is 0 Å². The number of hydrogen-bond acceptors (Lipinski definition) is 1. The highest BCUT2D eigenvalue weighted by atomic mass is 35.5. The first-order valence-electron chi connectivity index (χ1n) is 6.30. The predicted octanol–water partition coefficient (Wildman–Crippen LogP) is 4.66. The van der Waals surface area contributed by atoms with E-state index in [0.29, 0.717) is 0 Å². The molecule has 0 saturated heterocycles. The van der Waals surface area contributed by atoms with Crippen molar-refractivity contribution in [3.05, 3.63) is 0 Å². The predicted molar refractivity (Wildman–Crippen MR) is 76.8 cm³/mol. The molecule has 0 aromatic heterocycles. The lowest BCUT2D eigenvalue weighted by Crippen LogP contribution is -2.14. The van der Waals surface area contributed by atoms with Gasteiger partial charge in [-0.3, -0.25) is 4.67 Å². The molecule has 0 heterocycles. The van der Waals surface area contributed by atoms with Crippen LogP contribution in [0.5, 0.6) is 0 Å². The molecule has 1 unspecified atom stereocenters. The van der Waals surface area contributed by atoms with E-state index in [1.54, 1.807) is 0 Å². The second kappa shape index (κ2) is 14.7. The summed E-state index contributed by atoms with van der Waals surface area (Å²) >= 11 is 0. The Balaban J connectivity index is 0. The number of unbranched alkanes of at least 4 members (excludes halogenated alkanes) is 6. The quantitative estimate of drug-likeness (QED) is 0.404. The third-order valence-corrected chi connectivity index (χ3v) is 3.11. The van der Waals surface area contributed by atoms with Gasteiger partial charge < -0.3 is 0 Å². The van der Waals surface area contributed by atoms with Gasteiger partial charge in [-0.2, -0.15) is 0 Å². The van der Waals surface area contributed by atoms with Crippen LogP contribution in [0.2, 0.25) is 0 Å². The van der Waals surface area contributed by atoms with Crippen molar-refractivity contribution in [1.29, 1.82) is 0 Å². The van der Waals surface area contributed by atoms with E-state index in [2.05, 4.69) is 27.9 Å². The van der Waals surface area contributed by atoms with Crippen LogP contribution >= 0.6 is 21.8 Å². The molecular formula is C12H29ClNP. The summed E-state index contributed by atoms with van der Waals surface area (Å²) in [5.41, 5.74) is 0. The first kappa shape index (κ1) is 18.1. The smallest absolute Gasteiger partial charge is 0.00161 e. The molecule has 0 N–H and O–H groups in total. The molecule has 0 amide bonds. The third kappa shape index (κ3) is 14.7. The highest BCUT2D eigenvalue weighted by molar-refractivity contribution is 7.13. The van der Waals surface area contributed by atoms with Gasteiger partial charge in [0.25, 0.3) is 0 Å². The van der Waals surface area contributed by atoms with Gasteiger partial charge in [0.2, 0.25) is 0 Å². The van der Waals surface area contributed by atoms with Gasteiger partial charge in [0.1, 0.15) is 0 Å². The molecule has 1 nitrogen and oxygen atoms in total. The summed E-state index contributed by atoms with van der Waals surface area (Å²) in [5.74, 6) is 0. The largest absolute Gasteiger partial charge is 0.287 e. The van der Waals surface area contributed by atoms with Gasteiger partial charge in [-0.05, 0) is 12.8 Å². The highest BCUT2D eigenvalue weighted by Crippen LogP contribution is 2.08. The van der Waals surface area contributed by atoms with Crippen molar-refractivity contribution in [2.45, 2.75) is 65.2 Å². The molecule has 3 heteroatoms. The van der Waals surface area contributed by atoms with Crippen LogP contribution < -0.4 is 0 Å². The van der Waals surface area contributed by atoms with E-state index in [4.69, 9.17) is 0 Å².